The summed E-state index contributed by atoms with van der Waals surface area (Å²) in [6.07, 6.45) is 1.36. The van der Waals surface area contributed by atoms with Crippen molar-refractivity contribution in [3.8, 4) is 0 Å². The first kappa shape index (κ1) is 10.4. The minimum Gasteiger partial charge on any atom is -0.380 e. The average molecular weight is 198 g/mol. The summed E-state index contributed by atoms with van der Waals surface area (Å²) in [6, 6.07) is 0. The fraction of sp³-hybridized carbons (Fsp3) is 1.00. The van der Waals surface area contributed by atoms with Crippen molar-refractivity contribution in [3.05, 3.63) is 0 Å². The van der Waals surface area contributed by atoms with Gasteiger partial charge in [0.25, 0.3) is 0 Å². The van der Waals surface area contributed by atoms with E-state index in [1.807, 2.05) is 0 Å². The Hall–Kier alpha value is -0.120. The molecule has 0 aromatic carbocycles. The van der Waals surface area contributed by atoms with Gasteiger partial charge in [-0.15, -0.1) is 0 Å². The zero-order valence-corrected chi connectivity index (χ0v) is 9.38. The molecule has 2 fully saturated rings. The summed E-state index contributed by atoms with van der Waals surface area (Å²) in [7, 11) is 2.21. The van der Waals surface area contributed by atoms with Crippen LogP contribution in [-0.2, 0) is 4.74 Å². The Balaban J connectivity index is 1.58. The van der Waals surface area contributed by atoms with Gasteiger partial charge in [-0.2, -0.15) is 0 Å². The largest absolute Gasteiger partial charge is 0.380 e. The van der Waals surface area contributed by atoms with E-state index in [1.165, 1.54) is 26.1 Å². The molecule has 1 unspecified atom stereocenters. The van der Waals surface area contributed by atoms with Crippen molar-refractivity contribution in [2.45, 2.75) is 13.3 Å². The minimum atomic E-state index is 0.421. The van der Waals surface area contributed by atoms with Gasteiger partial charge in [0.15, 0.2) is 0 Å². The van der Waals surface area contributed by atoms with Crippen LogP contribution in [-0.4, -0.2) is 51.3 Å². The molecule has 2 heterocycles. The summed E-state index contributed by atoms with van der Waals surface area (Å²) in [4.78, 5) is 2.42. The van der Waals surface area contributed by atoms with Crippen LogP contribution in [0.15, 0.2) is 0 Å². The minimum absolute atomic E-state index is 0.421. The molecule has 0 aliphatic carbocycles. The molecule has 0 spiro atoms. The summed E-state index contributed by atoms with van der Waals surface area (Å²) in [5.41, 5.74) is 0.421. The van der Waals surface area contributed by atoms with Crippen LogP contribution in [0.3, 0.4) is 0 Å². The molecule has 0 aromatic rings. The Kier molecular flexibility index (Phi) is 3.10. The SMILES string of the molecule is CN1CCC(CNCC2(C)COC2)C1. The molecule has 2 aliphatic heterocycles. The molecule has 14 heavy (non-hydrogen) atoms. The van der Waals surface area contributed by atoms with Gasteiger partial charge in [0.1, 0.15) is 0 Å². The van der Waals surface area contributed by atoms with Gasteiger partial charge in [0.2, 0.25) is 0 Å². The smallest absolute Gasteiger partial charge is 0.0554 e. The van der Waals surface area contributed by atoms with Crippen LogP contribution >= 0.6 is 0 Å². The van der Waals surface area contributed by atoms with Crippen molar-refractivity contribution in [2.75, 3.05) is 46.4 Å². The van der Waals surface area contributed by atoms with E-state index in [0.29, 0.717) is 5.41 Å². The summed E-state index contributed by atoms with van der Waals surface area (Å²) in [6.45, 7) is 9.00. The van der Waals surface area contributed by atoms with Crippen LogP contribution in [0.4, 0.5) is 0 Å². The summed E-state index contributed by atoms with van der Waals surface area (Å²) >= 11 is 0. The second kappa shape index (κ2) is 4.17. The number of nitrogens with zero attached hydrogens (tertiary/aromatic N) is 1. The Labute approximate surface area is 86.8 Å². The predicted octanol–water partition coefficient (Wildman–Crippen LogP) is 0.564. The van der Waals surface area contributed by atoms with E-state index in [9.17, 15) is 0 Å². The second-order valence-electron chi connectivity index (χ2n) is 5.35. The van der Waals surface area contributed by atoms with E-state index in [1.54, 1.807) is 0 Å². The maximum Gasteiger partial charge on any atom is 0.0554 e. The van der Waals surface area contributed by atoms with Crippen molar-refractivity contribution in [1.29, 1.82) is 0 Å². The Morgan fingerprint density at radius 1 is 1.50 bits per heavy atom. The van der Waals surface area contributed by atoms with Gasteiger partial charge in [-0.25, -0.2) is 0 Å². The maximum absolute atomic E-state index is 5.23. The van der Waals surface area contributed by atoms with Crippen molar-refractivity contribution < 1.29 is 4.74 Å². The molecule has 0 radical (unpaired) electrons. The van der Waals surface area contributed by atoms with Crippen molar-refractivity contribution in [3.63, 3.8) is 0 Å². The highest BCUT2D eigenvalue weighted by Crippen LogP contribution is 2.25. The van der Waals surface area contributed by atoms with Crippen LogP contribution in [0, 0.1) is 11.3 Å². The standard InChI is InChI=1S/C11H22N2O/c1-11(8-14-9-11)7-12-5-10-3-4-13(2)6-10/h10,12H,3-9H2,1-2H3. The van der Waals surface area contributed by atoms with Gasteiger partial charge >= 0.3 is 0 Å². The van der Waals surface area contributed by atoms with Gasteiger partial charge in [-0.05, 0) is 32.5 Å². The van der Waals surface area contributed by atoms with E-state index in [2.05, 4.69) is 24.2 Å². The third-order valence-corrected chi connectivity index (χ3v) is 3.37. The highest BCUT2D eigenvalue weighted by Gasteiger charge is 2.33. The summed E-state index contributed by atoms with van der Waals surface area (Å²) in [5, 5.41) is 3.58. The molecule has 0 amide bonds. The fourth-order valence-corrected chi connectivity index (χ4v) is 2.32. The lowest BCUT2D eigenvalue weighted by atomic mass is 9.88. The Morgan fingerprint density at radius 3 is 2.79 bits per heavy atom. The summed E-state index contributed by atoms with van der Waals surface area (Å²) < 4.78 is 5.23. The van der Waals surface area contributed by atoms with Gasteiger partial charge in [0.05, 0.1) is 13.2 Å². The molecule has 82 valence electrons. The first-order chi connectivity index (χ1) is 6.68. The van der Waals surface area contributed by atoms with Crippen LogP contribution < -0.4 is 5.32 Å². The molecule has 1 N–H and O–H groups in total. The number of hydrogen-bond acceptors (Lipinski definition) is 3. The lowest BCUT2D eigenvalue weighted by Crippen LogP contribution is -2.48. The number of ether oxygens (including phenoxy) is 1. The molecule has 2 aliphatic rings. The van der Waals surface area contributed by atoms with Gasteiger partial charge < -0.3 is 15.0 Å². The van der Waals surface area contributed by atoms with E-state index < -0.39 is 0 Å². The zero-order valence-electron chi connectivity index (χ0n) is 9.38. The molecule has 3 heteroatoms. The lowest BCUT2D eigenvalue weighted by Gasteiger charge is -2.38. The molecule has 2 rings (SSSR count). The number of likely N-dealkylation sites (tertiary alicyclic amines) is 1. The van der Waals surface area contributed by atoms with Crippen molar-refractivity contribution in [2.24, 2.45) is 11.3 Å². The molecule has 3 nitrogen and oxygen atoms in total. The fourth-order valence-electron chi connectivity index (χ4n) is 2.32. The lowest BCUT2D eigenvalue weighted by molar-refractivity contribution is -0.0991. The van der Waals surface area contributed by atoms with Crippen LogP contribution in [0.25, 0.3) is 0 Å². The van der Waals surface area contributed by atoms with Gasteiger partial charge in [0, 0.05) is 18.5 Å². The first-order valence-corrected chi connectivity index (χ1v) is 5.65. The highest BCUT2D eigenvalue weighted by molar-refractivity contribution is 4.84. The van der Waals surface area contributed by atoms with E-state index >= 15 is 0 Å². The maximum atomic E-state index is 5.23. The number of nitrogens with one attached hydrogen (secondary N) is 1. The first-order valence-electron chi connectivity index (χ1n) is 5.65. The monoisotopic (exact) mass is 198 g/mol. The zero-order chi connectivity index (χ0) is 10.0. The topological polar surface area (TPSA) is 24.5 Å². The van der Waals surface area contributed by atoms with Gasteiger partial charge in [-0.3, -0.25) is 0 Å². The van der Waals surface area contributed by atoms with Crippen molar-refractivity contribution in [1.82, 2.24) is 10.2 Å². The number of hydrogen-bond donors (Lipinski definition) is 1. The number of rotatable bonds is 4. The third kappa shape index (κ3) is 2.47. The third-order valence-electron chi connectivity index (χ3n) is 3.37. The molecule has 2 saturated heterocycles. The van der Waals surface area contributed by atoms with E-state index in [4.69, 9.17) is 4.74 Å². The Morgan fingerprint density at radius 2 is 2.29 bits per heavy atom. The van der Waals surface area contributed by atoms with Crippen LogP contribution in [0.2, 0.25) is 0 Å². The average Bonchev–Trinajstić information content (AvgIpc) is 2.49. The molecular weight excluding hydrogens is 176 g/mol. The van der Waals surface area contributed by atoms with Crippen LogP contribution in [0.1, 0.15) is 13.3 Å². The van der Waals surface area contributed by atoms with Gasteiger partial charge in [-0.1, -0.05) is 6.92 Å². The molecule has 0 aromatic heterocycles. The van der Waals surface area contributed by atoms with E-state index in [0.717, 1.165) is 25.7 Å². The molecule has 0 bridgehead atoms. The quantitative estimate of drug-likeness (QED) is 0.714. The molecule has 0 saturated carbocycles. The predicted molar refractivity (Wildman–Crippen MR) is 57.4 cm³/mol. The van der Waals surface area contributed by atoms with Crippen molar-refractivity contribution >= 4 is 0 Å². The second-order valence-corrected chi connectivity index (χ2v) is 5.35. The molecular formula is C11H22N2O. The summed E-state index contributed by atoms with van der Waals surface area (Å²) in [5.74, 6) is 0.865. The Bertz CT molecular complexity index is 192. The highest BCUT2D eigenvalue weighted by atomic mass is 16.5. The van der Waals surface area contributed by atoms with Crippen LogP contribution in [0.5, 0.6) is 0 Å². The molecule has 1 atom stereocenters. The van der Waals surface area contributed by atoms with E-state index in [-0.39, 0.29) is 0 Å². The normalized spacial score (nSPS) is 31.7.